The smallest absolute Gasteiger partial charge is 0.229 e. The number of ketones is 1. The molecule has 3 aliphatic carbocycles. The van der Waals surface area contributed by atoms with Crippen molar-refractivity contribution < 1.29 is 9.59 Å². The highest BCUT2D eigenvalue weighted by molar-refractivity contribution is 6.32. The zero-order chi connectivity index (χ0) is 21.5. The molecule has 2 aromatic rings. The predicted molar refractivity (Wildman–Crippen MR) is 119 cm³/mol. The van der Waals surface area contributed by atoms with Gasteiger partial charge < -0.3 is 16.4 Å². The normalized spacial score (nSPS) is 26.4. The second-order valence-electron chi connectivity index (χ2n) is 8.58. The molecular formula is C23H24ClN5O2. The Bertz CT molecular complexity index is 1090. The maximum Gasteiger partial charge on any atom is 0.229 e. The number of benzene rings is 1. The van der Waals surface area contributed by atoms with Crippen LogP contribution in [0.25, 0.3) is 0 Å². The fourth-order valence-corrected chi connectivity index (χ4v) is 5.22. The van der Waals surface area contributed by atoms with Crippen molar-refractivity contribution in [1.29, 1.82) is 0 Å². The third-order valence-corrected chi connectivity index (χ3v) is 6.92. The largest absolute Gasteiger partial charge is 0.369 e. The van der Waals surface area contributed by atoms with E-state index in [0.717, 1.165) is 24.9 Å². The summed E-state index contributed by atoms with van der Waals surface area (Å²) in [7, 11) is 0. The Hall–Kier alpha value is -2.93. The number of anilines is 3. The Morgan fingerprint density at radius 3 is 2.68 bits per heavy atom. The summed E-state index contributed by atoms with van der Waals surface area (Å²) in [6.07, 6.45) is 9.42. The van der Waals surface area contributed by atoms with Gasteiger partial charge in [-0.15, -0.1) is 0 Å². The highest BCUT2D eigenvalue weighted by Gasteiger charge is 2.47. The van der Waals surface area contributed by atoms with Gasteiger partial charge in [-0.3, -0.25) is 9.59 Å². The van der Waals surface area contributed by atoms with Gasteiger partial charge in [0.25, 0.3) is 0 Å². The Balaban J connectivity index is 1.35. The molecule has 31 heavy (non-hydrogen) atoms. The topological polar surface area (TPSA) is 110 Å². The summed E-state index contributed by atoms with van der Waals surface area (Å²) in [5, 5.41) is 6.97. The molecule has 0 radical (unpaired) electrons. The number of nitrogens with one attached hydrogen (secondary N) is 2. The van der Waals surface area contributed by atoms with Crippen LogP contribution in [0.5, 0.6) is 0 Å². The highest BCUT2D eigenvalue weighted by atomic mass is 35.5. The summed E-state index contributed by atoms with van der Waals surface area (Å²) in [4.78, 5) is 32.6. The number of Topliss-reactive ketones (excluding diaryl/α,β-unsaturated/α-hetero) is 1. The first-order valence-corrected chi connectivity index (χ1v) is 11.0. The molecule has 1 fully saturated rings. The number of amides is 1. The Labute approximate surface area is 185 Å². The number of aromatic nitrogens is 2. The number of hydrogen-bond donors (Lipinski definition) is 3. The van der Waals surface area contributed by atoms with Gasteiger partial charge in [0.15, 0.2) is 5.82 Å². The minimum Gasteiger partial charge on any atom is -0.369 e. The Morgan fingerprint density at radius 1 is 1.10 bits per heavy atom. The second-order valence-corrected chi connectivity index (χ2v) is 8.99. The van der Waals surface area contributed by atoms with Gasteiger partial charge in [0, 0.05) is 24.6 Å². The molecule has 3 aliphatic rings. The van der Waals surface area contributed by atoms with Gasteiger partial charge in [-0.05, 0) is 54.4 Å². The Morgan fingerprint density at radius 2 is 1.87 bits per heavy atom. The van der Waals surface area contributed by atoms with Gasteiger partial charge in [0.1, 0.15) is 10.8 Å². The van der Waals surface area contributed by atoms with E-state index in [4.69, 9.17) is 17.3 Å². The van der Waals surface area contributed by atoms with Gasteiger partial charge >= 0.3 is 0 Å². The van der Waals surface area contributed by atoms with E-state index < -0.39 is 0 Å². The van der Waals surface area contributed by atoms with Crippen LogP contribution in [0, 0.1) is 17.8 Å². The van der Waals surface area contributed by atoms with E-state index in [-0.39, 0.29) is 29.7 Å². The monoisotopic (exact) mass is 437 g/mol. The van der Waals surface area contributed by atoms with E-state index in [1.807, 2.05) is 6.07 Å². The van der Waals surface area contributed by atoms with Crippen molar-refractivity contribution in [1.82, 2.24) is 9.97 Å². The zero-order valence-corrected chi connectivity index (χ0v) is 17.7. The standard InChI is InChI=1S/C23H24ClN5O2/c24-18-11-26-23(27-16-6-3-12-4-7-17(30)8-5-13(12)10-16)29-22(18)28-20-15-2-1-14(9-15)19(20)21(25)31/h1-3,6,10-11,14-15,19-20H,4-5,7-9H2,(H2,25,31)(H2,26,27,28,29). The molecule has 4 N–H and O–H groups in total. The highest BCUT2D eigenvalue weighted by Crippen LogP contribution is 2.45. The third kappa shape index (κ3) is 3.90. The molecule has 1 aromatic heterocycles. The van der Waals surface area contributed by atoms with Crippen LogP contribution >= 0.6 is 11.6 Å². The predicted octanol–water partition coefficient (Wildman–Crippen LogP) is 3.41. The first-order valence-electron chi connectivity index (χ1n) is 10.6. The van der Waals surface area contributed by atoms with Gasteiger partial charge in [0.2, 0.25) is 11.9 Å². The molecule has 7 nitrogen and oxygen atoms in total. The van der Waals surface area contributed by atoms with Crippen molar-refractivity contribution in [2.24, 2.45) is 23.5 Å². The molecule has 1 aromatic carbocycles. The van der Waals surface area contributed by atoms with E-state index in [2.05, 4.69) is 44.9 Å². The van der Waals surface area contributed by atoms with Crippen molar-refractivity contribution in [2.45, 2.75) is 38.1 Å². The molecule has 1 amide bonds. The quantitative estimate of drug-likeness (QED) is 0.488. The number of carbonyl (C=O) groups is 2. The molecule has 160 valence electrons. The number of carbonyl (C=O) groups excluding carboxylic acids is 2. The lowest BCUT2D eigenvalue weighted by Gasteiger charge is -2.27. The molecule has 1 saturated carbocycles. The second kappa shape index (κ2) is 7.96. The Kier molecular flexibility index (Phi) is 5.14. The molecule has 2 bridgehead atoms. The molecular weight excluding hydrogens is 414 g/mol. The number of nitrogens with two attached hydrogens (primary N) is 1. The van der Waals surface area contributed by atoms with Crippen molar-refractivity contribution in [3.63, 3.8) is 0 Å². The molecule has 8 heteroatoms. The van der Waals surface area contributed by atoms with Crippen LogP contribution in [-0.4, -0.2) is 27.7 Å². The van der Waals surface area contributed by atoms with Crippen LogP contribution in [0.15, 0.2) is 36.5 Å². The molecule has 0 aliphatic heterocycles. The van der Waals surface area contributed by atoms with Crippen molar-refractivity contribution in [3.05, 3.63) is 52.7 Å². The molecule has 4 unspecified atom stereocenters. The summed E-state index contributed by atoms with van der Waals surface area (Å²) in [6.45, 7) is 0. The summed E-state index contributed by atoms with van der Waals surface area (Å²) in [5.74, 6) is 1.03. The number of allylic oxidation sites excluding steroid dienone is 1. The van der Waals surface area contributed by atoms with Crippen LogP contribution in [-0.2, 0) is 22.4 Å². The summed E-state index contributed by atoms with van der Waals surface area (Å²) in [6, 6.07) is 5.97. The van der Waals surface area contributed by atoms with Crippen LogP contribution in [0.4, 0.5) is 17.5 Å². The lowest BCUT2D eigenvalue weighted by Crippen LogP contribution is -2.41. The van der Waals surface area contributed by atoms with Crippen molar-refractivity contribution in [2.75, 3.05) is 10.6 Å². The molecule has 5 rings (SSSR count). The number of aryl methyl sites for hydroxylation is 2. The molecule has 0 saturated heterocycles. The lowest BCUT2D eigenvalue weighted by molar-refractivity contribution is -0.122. The summed E-state index contributed by atoms with van der Waals surface area (Å²) >= 11 is 6.35. The van der Waals surface area contributed by atoms with Gasteiger partial charge in [-0.25, -0.2) is 4.98 Å². The van der Waals surface area contributed by atoms with E-state index in [1.165, 1.54) is 11.1 Å². The van der Waals surface area contributed by atoms with Gasteiger partial charge in [0.05, 0.1) is 12.1 Å². The third-order valence-electron chi connectivity index (χ3n) is 6.64. The number of nitrogens with zero attached hydrogens (tertiary/aromatic N) is 2. The first-order chi connectivity index (χ1) is 15.0. The van der Waals surface area contributed by atoms with E-state index >= 15 is 0 Å². The minimum absolute atomic E-state index is 0.127. The number of halogens is 1. The summed E-state index contributed by atoms with van der Waals surface area (Å²) in [5.41, 5.74) is 8.92. The number of hydrogen-bond acceptors (Lipinski definition) is 6. The van der Waals surface area contributed by atoms with Crippen molar-refractivity contribution >= 4 is 40.7 Å². The minimum atomic E-state index is -0.304. The lowest BCUT2D eigenvalue weighted by atomic mass is 9.88. The average molecular weight is 438 g/mol. The van der Waals surface area contributed by atoms with Crippen molar-refractivity contribution in [3.8, 4) is 0 Å². The van der Waals surface area contributed by atoms with Crippen LogP contribution in [0.3, 0.4) is 0 Å². The maximum atomic E-state index is 12.0. The van der Waals surface area contributed by atoms with E-state index in [0.29, 0.717) is 35.4 Å². The zero-order valence-electron chi connectivity index (χ0n) is 17.0. The van der Waals surface area contributed by atoms with Gasteiger partial charge in [-0.2, -0.15) is 4.98 Å². The number of fused-ring (bicyclic) bond motifs is 3. The van der Waals surface area contributed by atoms with E-state index in [1.54, 1.807) is 6.20 Å². The fourth-order valence-electron chi connectivity index (χ4n) is 5.08. The van der Waals surface area contributed by atoms with Crippen LogP contribution in [0.1, 0.15) is 30.4 Å². The van der Waals surface area contributed by atoms with Crippen LogP contribution in [0.2, 0.25) is 5.02 Å². The average Bonchev–Trinajstić information content (AvgIpc) is 3.30. The SMILES string of the molecule is NC(=O)C1C2C=CC(C2)C1Nc1nc(Nc2ccc3c(c2)CCC(=O)CC3)ncc1Cl. The maximum absolute atomic E-state index is 12.0. The van der Waals surface area contributed by atoms with E-state index in [9.17, 15) is 9.59 Å². The molecule has 4 atom stereocenters. The first kappa shape index (κ1) is 20.0. The van der Waals surface area contributed by atoms with Crippen LogP contribution < -0.4 is 16.4 Å². The number of rotatable bonds is 5. The summed E-state index contributed by atoms with van der Waals surface area (Å²) < 4.78 is 0. The molecule has 1 heterocycles. The molecule has 0 spiro atoms. The van der Waals surface area contributed by atoms with Gasteiger partial charge in [-0.1, -0.05) is 29.8 Å². The number of primary amides is 1. The fraction of sp³-hybridized carbons (Fsp3) is 0.391.